The Balaban J connectivity index is 1.81. The molecule has 0 heterocycles. The fourth-order valence-corrected chi connectivity index (χ4v) is 2.79. The zero-order valence-corrected chi connectivity index (χ0v) is 18.7. The van der Waals surface area contributed by atoms with Gasteiger partial charge in [0.05, 0.1) is 20.3 Å². The summed E-state index contributed by atoms with van der Waals surface area (Å²) in [6.07, 6.45) is 1.89. The van der Waals surface area contributed by atoms with Crippen molar-refractivity contribution >= 4 is 17.6 Å². The lowest BCUT2D eigenvalue weighted by Gasteiger charge is -2.12. The van der Waals surface area contributed by atoms with Gasteiger partial charge in [-0.05, 0) is 55.8 Å². The van der Waals surface area contributed by atoms with Crippen LogP contribution in [0.5, 0.6) is 17.2 Å². The van der Waals surface area contributed by atoms with Gasteiger partial charge in [0.2, 0.25) is 5.91 Å². The van der Waals surface area contributed by atoms with E-state index in [1.165, 1.54) is 13.2 Å². The van der Waals surface area contributed by atoms with Gasteiger partial charge in [-0.3, -0.25) is 25.2 Å². The van der Waals surface area contributed by atoms with Crippen molar-refractivity contribution in [3.63, 3.8) is 0 Å². The van der Waals surface area contributed by atoms with Crippen LogP contribution in [0.4, 0.5) is 0 Å². The fourth-order valence-electron chi connectivity index (χ4n) is 2.79. The highest BCUT2D eigenvalue weighted by Crippen LogP contribution is 2.28. The lowest BCUT2D eigenvalue weighted by atomic mass is 10.1. The minimum atomic E-state index is -0.505. The van der Waals surface area contributed by atoms with Gasteiger partial charge in [-0.1, -0.05) is 13.3 Å². The number of Topliss-reactive ketones (excluding diaryl/α,β-unsaturated/α-hetero) is 1. The maximum atomic E-state index is 12.3. The summed E-state index contributed by atoms with van der Waals surface area (Å²) in [6, 6.07) is 11.5. The summed E-state index contributed by atoms with van der Waals surface area (Å²) < 4.78 is 16.3. The number of nitrogens with one attached hydrogen (secondary N) is 2. The average Bonchev–Trinajstić information content (AvgIpc) is 2.82. The van der Waals surface area contributed by atoms with E-state index in [2.05, 4.69) is 17.8 Å². The monoisotopic (exact) mass is 442 g/mol. The van der Waals surface area contributed by atoms with Gasteiger partial charge in [0, 0.05) is 24.0 Å². The molecule has 0 fully saturated rings. The van der Waals surface area contributed by atoms with Gasteiger partial charge in [-0.15, -0.1) is 0 Å². The highest BCUT2D eigenvalue weighted by Gasteiger charge is 2.13. The molecule has 0 unspecified atom stereocenters. The van der Waals surface area contributed by atoms with Crippen LogP contribution in [-0.2, 0) is 4.79 Å². The molecule has 8 nitrogen and oxygen atoms in total. The van der Waals surface area contributed by atoms with Gasteiger partial charge < -0.3 is 14.2 Å². The van der Waals surface area contributed by atoms with Crippen molar-refractivity contribution in [1.29, 1.82) is 0 Å². The van der Waals surface area contributed by atoms with E-state index in [0.29, 0.717) is 41.6 Å². The smallest absolute Gasteiger partial charge is 0.269 e. The van der Waals surface area contributed by atoms with Gasteiger partial charge in [-0.2, -0.15) is 0 Å². The summed E-state index contributed by atoms with van der Waals surface area (Å²) in [7, 11) is 1.49. The third-order valence-electron chi connectivity index (χ3n) is 4.56. The molecule has 0 aliphatic carbocycles. The van der Waals surface area contributed by atoms with Crippen molar-refractivity contribution in [2.45, 2.75) is 39.5 Å². The molecule has 2 aromatic carbocycles. The Labute approximate surface area is 188 Å². The van der Waals surface area contributed by atoms with E-state index in [9.17, 15) is 14.4 Å². The van der Waals surface area contributed by atoms with E-state index in [1.54, 1.807) is 36.4 Å². The Kier molecular flexibility index (Phi) is 10.0. The van der Waals surface area contributed by atoms with E-state index >= 15 is 0 Å². The van der Waals surface area contributed by atoms with Crippen LogP contribution in [0.3, 0.4) is 0 Å². The summed E-state index contributed by atoms with van der Waals surface area (Å²) in [5, 5.41) is 0. The van der Waals surface area contributed by atoms with Crippen LogP contribution in [0, 0.1) is 0 Å². The molecule has 172 valence electrons. The molecule has 0 saturated carbocycles. The fraction of sp³-hybridized carbons (Fsp3) is 0.375. The number of unbranched alkanes of at least 4 members (excludes halogenated alkanes) is 1. The highest BCUT2D eigenvalue weighted by molar-refractivity contribution is 5.99. The van der Waals surface area contributed by atoms with E-state index < -0.39 is 11.8 Å². The largest absolute Gasteiger partial charge is 0.494 e. The molecule has 0 saturated heterocycles. The van der Waals surface area contributed by atoms with E-state index in [4.69, 9.17) is 14.2 Å². The summed E-state index contributed by atoms with van der Waals surface area (Å²) in [5.41, 5.74) is 5.47. The predicted octanol–water partition coefficient (Wildman–Crippen LogP) is 3.70. The Hall–Kier alpha value is -3.55. The maximum Gasteiger partial charge on any atom is 0.269 e. The first kappa shape index (κ1) is 24.7. The van der Waals surface area contributed by atoms with Gasteiger partial charge in [-0.25, -0.2) is 0 Å². The number of rotatable bonds is 12. The molecule has 0 aliphatic rings. The standard InChI is InChI=1S/C24H30N2O6/c1-4-6-15-32-21-13-9-18(16-22(21)30-3)24(29)26-25-23(28)14-12-20(27)17-7-10-19(11-8-17)31-5-2/h7-11,13,16H,4-6,12,14-15H2,1-3H3,(H,25,28)(H,26,29). The minimum Gasteiger partial charge on any atom is -0.494 e. The molecule has 0 bridgehead atoms. The minimum absolute atomic E-state index is 0.0211. The lowest BCUT2D eigenvalue weighted by Crippen LogP contribution is -2.41. The third kappa shape index (κ3) is 7.61. The molecule has 0 radical (unpaired) electrons. The first-order valence-electron chi connectivity index (χ1n) is 10.6. The van der Waals surface area contributed by atoms with Crippen molar-refractivity contribution in [2.24, 2.45) is 0 Å². The number of amides is 2. The van der Waals surface area contributed by atoms with Crippen molar-refractivity contribution < 1.29 is 28.6 Å². The number of carbonyl (C=O) groups excluding carboxylic acids is 3. The molecule has 32 heavy (non-hydrogen) atoms. The van der Waals surface area contributed by atoms with Crippen LogP contribution < -0.4 is 25.1 Å². The molecule has 2 aromatic rings. The van der Waals surface area contributed by atoms with E-state index in [1.807, 2.05) is 6.92 Å². The summed E-state index contributed by atoms with van der Waals surface area (Å²) >= 11 is 0. The van der Waals surface area contributed by atoms with E-state index in [0.717, 1.165) is 12.8 Å². The molecule has 8 heteroatoms. The molecule has 0 spiro atoms. The van der Waals surface area contributed by atoms with Gasteiger partial charge >= 0.3 is 0 Å². The van der Waals surface area contributed by atoms with Crippen LogP contribution in [0.2, 0.25) is 0 Å². The Morgan fingerprint density at radius 3 is 2.22 bits per heavy atom. The van der Waals surface area contributed by atoms with Crippen LogP contribution in [-0.4, -0.2) is 37.9 Å². The predicted molar refractivity (Wildman–Crippen MR) is 120 cm³/mol. The topological polar surface area (TPSA) is 103 Å². The lowest BCUT2D eigenvalue weighted by molar-refractivity contribution is -0.121. The first-order valence-corrected chi connectivity index (χ1v) is 10.6. The Bertz CT molecular complexity index is 911. The number of ether oxygens (including phenoxy) is 3. The quantitative estimate of drug-likeness (QED) is 0.295. The molecule has 0 aliphatic heterocycles. The SMILES string of the molecule is CCCCOc1ccc(C(=O)NNC(=O)CCC(=O)c2ccc(OCC)cc2)cc1OC. The molecule has 2 rings (SSSR count). The zero-order chi connectivity index (χ0) is 23.3. The summed E-state index contributed by atoms with van der Waals surface area (Å²) in [4.78, 5) is 36.6. The number of methoxy groups -OCH3 is 1. The van der Waals surface area contributed by atoms with Crippen LogP contribution in [0.15, 0.2) is 42.5 Å². The van der Waals surface area contributed by atoms with Gasteiger partial charge in [0.15, 0.2) is 17.3 Å². The number of hydrogen-bond donors (Lipinski definition) is 2. The van der Waals surface area contributed by atoms with Crippen LogP contribution in [0.25, 0.3) is 0 Å². The molecule has 0 aromatic heterocycles. The van der Waals surface area contributed by atoms with Crippen molar-refractivity contribution in [2.75, 3.05) is 20.3 Å². The number of ketones is 1. The summed E-state index contributed by atoms with van der Waals surface area (Å²) in [5.74, 6) is 0.522. The maximum absolute atomic E-state index is 12.3. The normalized spacial score (nSPS) is 10.2. The highest BCUT2D eigenvalue weighted by atomic mass is 16.5. The molecule has 2 amide bonds. The number of carbonyl (C=O) groups is 3. The number of hydrogen-bond acceptors (Lipinski definition) is 6. The van der Waals surface area contributed by atoms with E-state index in [-0.39, 0.29) is 18.6 Å². The second kappa shape index (κ2) is 13.0. The Morgan fingerprint density at radius 1 is 0.844 bits per heavy atom. The van der Waals surface area contributed by atoms with Crippen LogP contribution in [0.1, 0.15) is 60.2 Å². The zero-order valence-electron chi connectivity index (χ0n) is 18.7. The van der Waals surface area contributed by atoms with Crippen molar-refractivity contribution in [3.8, 4) is 17.2 Å². The first-order chi connectivity index (χ1) is 15.5. The molecular weight excluding hydrogens is 412 g/mol. The van der Waals surface area contributed by atoms with Crippen molar-refractivity contribution in [3.05, 3.63) is 53.6 Å². The third-order valence-corrected chi connectivity index (χ3v) is 4.56. The summed E-state index contributed by atoms with van der Waals surface area (Å²) in [6.45, 7) is 5.05. The number of hydrazine groups is 1. The number of benzene rings is 2. The second-order valence-corrected chi connectivity index (χ2v) is 6.95. The van der Waals surface area contributed by atoms with Gasteiger partial charge in [0.1, 0.15) is 5.75 Å². The molecule has 2 N–H and O–H groups in total. The molecule has 0 atom stereocenters. The second-order valence-electron chi connectivity index (χ2n) is 6.95. The molecular formula is C24H30N2O6. The van der Waals surface area contributed by atoms with Crippen molar-refractivity contribution in [1.82, 2.24) is 10.9 Å². The Morgan fingerprint density at radius 2 is 1.56 bits per heavy atom. The van der Waals surface area contributed by atoms with Gasteiger partial charge in [0.25, 0.3) is 5.91 Å². The van der Waals surface area contributed by atoms with Crippen LogP contribution >= 0.6 is 0 Å². The average molecular weight is 443 g/mol.